The molecule has 0 aromatic heterocycles. The summed E-state index contributed by atoms with van der Waals surface area (Å²) in [5.74, 6) is 1.48. The maximum Gasteiger partial charge on any atom is 0.253 e. The Morgan fingerprint density at radius 1 is 1.20 bits per heavy atom. The molecule has 20 heavy (non-hydrogen) atoms. The zero-order valence-electron chi connectivity index (χ0n) is 11.7. The van der Waals surface area contributed by atoms with E-state index in [-0.39, 0.29) is 5.91 Å². The predicted molar refractivity (Wildman–Crippen MR) is 75.4 cm³/mol. The molecular weight excluding hydrogens is 256 g/mol. The van der Waals surface area contributed by atoms with E-state index in [0.29, 0.717) is 30.6 Å². The normalized spacial score (nSPS) is 18.9. The molecular formula is C15H20N2O3. The number of carbonyl (C=O) groups excluding carboxylic acids is 1. The average Bonchev–Trinajstić information content (AvgIpc) is 2.54. The van der Waals surface area contributed by atoms with Crippen LogP contribution in [0.3, 0.4) is 0 Å². The average molecular weight is 276 g/mol. The Balaban J connectivity index is 1.71. The Labute approximate surface area is 118 Å². The Hall–Kier alpha value is -1.75. The van der Waals surface area contributed by atoms with Crippen LogP contribution in [0.4, 0.5) is 0 Å². The Kier molecular flexibility index (Phi) is 3.78. The fraction of sp³-hybridized carbons (Fsp3) is 0.533. The number of likely N-dealkylation sites (tertiary alicyclic amines) is 1. The molecule has 2 aliphatic heterocycles. The Morgan fingerprint density at radius 2 is 1.90 bits per heavy atom. The molecule has 0 saturated carbocycles. The van der Waals surface area contributed by atoms with Crippen LogP contribution in [0.25, 0.3) is 0 Å². The number of carbonyl (C=O) groups is 1. The van der Waals surface area contributed by atoms with Crippen molar-refractivity contribution in [1.29, 1.82) is 0 Å². The molecule has 1 aromatic rings. The fourth-order valence-corrected chi connectivity index (χ4v) is 2.73. The van der Waals surface area contributed by atoms with E-state index in [9.17, 15) is 4.79 Å². The van der Waals surface area contributed by atoms with Gasteiger partial charge in [-0.05, 0) is 38.1 Å². The largest absolute Gasteiger partial charge is 0.486 e. The summed E-state index contributed by atoms with van der Waals surface area (Å²) in [7, 11) is 1.98. The maximum atomic E-state index is 12.5. The molecule has 0 bridgehead atoms. The number of benzene rings is 1. The van der Waals surface area contributed by atoms with E-state index in [0.717, 1.165) is 31.7 Å². The summed E-state index contributed by atoms with van der Waals surface area (Å²) in [4.78, 5) is 14.4. The van der Waals surface area contributed by atoms with Gasteiger partial charge in [-0.2, -0.15) is 0 Å². The first-order valence-electron chi connectivity index (χ1n) is 7.14. The molecule has 1 aromatic carbocycles. The van der Waals surface area contributed by atoms with Crippen LogP contribution in [0.5, 0.6) is 11.5 Å². The zero-order chi connectivity index (χ0) is 13.9. The van der Waals surface area contributed by atoms with Gasteiger partial charge in [0.15, 0.2) is 11.5 Å². The van der Waals surface area contributed by atoms with Crippen molar-refractivity contribution in [2.24, 2.45) is 0 Å². The monoisotopic (exact) mass is 276 g/mol. The van der Waals surface area contributed by atoms with Crippen LogP contribution in [-0.2, 0) is 0 Å². The number of nitrogens with zero attached hydrogens (tertiary/aromatic N) is 1. The predicted octanol–water partition coefficient (Wildman–Crippen LogP) is 1.28. The van der Waals surface area contributed by atoms with Crippen LogP contribution < -0.4 is 14.8 Å². The molecule has 5 heteroatoms. The standard InChI is InChI=1S/C15H20N2O3/c1-16-12-4-6-17(7-5-12)15(18)11-2-3-13-14(10-11)20-9-8-19-13/h2-3,10,12,16H,4-9H2,1H3. The number of rotatable bonds is 2. The van der Waals surface area contributed by atoms with Crippen LogP contribution in [0.1, 0.15) is 23.2 Å². The molecule has 0 unspecified atom stereocenters. The van der Waals surface area contributed by atoms with Crippen molar-refractivity contribution in [2.75, 3.05) is 33.4 Å². The van der Waals surface area contributed by atoms with E-state index < -0.39 is 0 Å². The highest BCUT2D eigenvalue weighted by atomic mass is 16.6. The number of amides is 1. The summed E-state index contributed by atoms with van der Waals surface area (Å²) in [5.41, 5.74) is 0.678. The number of ether oxygens (including phenoxy) is 2. The van der Waals surface area contributed by atoms with Crippen molar-refractivity contribution < 1.29 is 14.3 Å². The minimum atomic E-state index is 0.0801. The summed E-state index contributed by atoms with van der Waals surface area (Å²) in [6.45, 7) is 2.72. The van der Waals surface area contributed by atoms with E-state index in [1.165, 1.54) is 0 Å². The van der Waals surface area contributed by atoms with E-state index in [1.54, 1.807) is 6.07 Å². The van der Waals surface area contributed by atoms with Crippen molar-refractivity contribution in [2.45, 2.75) is 18.9 Å². The smallest absolute Gasteiger partial charge is 0.253 e. The van der Waals surface area contributed by atoms with Gasteiger partial charge in [0, 0.05) is 24.7 Å². The molecule has 1 saturated heterocycles. The first-order valence-corrected chi connectivity index (χ1v) is 7.14. The van der Waals surface area contributed by atoms with Crippen LogP contribution in [-0.4, -0.2) is 50.2 Å². The third-order valence-corrected chi connectivity index (χ3v) is 3.98. The van der Waals surface area contributed by atoms with Crippen molar-refractivity contribution in [3.8, 4) is 11.5 Å². The van der Waals surface area contributed by atoms with E-state index in [4.69, 9.17) is 9.47 Å². The maximum absolute atomic E-state index is 12.5. The molecule has 0 aliphatic carbocycles. The molecule has 0 spiro atoms. The van der Waals surface area contributed by atoms with Gasteiger partial charge in [-0.15, -0.1) is 0 Å². The molecule has 2 heterocycles. The van der Waals surface area contributed by atoms with Crippen molar-refractivity contribution in [3.05, 3.63) is 23.8 Å². The number of piperidine rings is 1. The molecule has 108 valence electrons. The molecule has 1 amide bonds. The van der Waals surface area contributed by atoms with Crippen LogP contribution in [0.15, 0.2) is 18.2 Å². The van der Waals surface area contributed by atoms with Gasteiger partial charge in [-0.1, -0.05) is 0 Å². The van der Waals surface area contributed by atoms with Gasteiger partial charge in [-0.25, -0.2) is 0 Å². The third kappa shape index (κ3) is 2.58. The topological polar surface area (TPSA) is 50.8 Å². The van der Waals surface area contributed by atoms with Crippen LogP contribution in [0.2, 0.25) is 0 Å². The lowest BCUT2D eigenvalue weighted by Crippen LogP contribution is -2.43. The highest BCUT2D eigenvalue weighted by Gasteiger charge is 2.24. The second-order valence-corrected chi connectivity index (χ2v) is 5.21. The quantitative estimate of drug-likeness (QED) is 0.884. The highest BCUT2D eigenvalue weighted by Crippen LogP contribution is 2.31. The van der Waals surface area contributed by atoms with Gasteiger partial charge in [0.05, 0.1) is 0 Å². The zero-order valence-corrected chi connectivity index (χ0v) is 11.7. The van der Waals surface area contributed by atoms with E-state index >= 15 is 0 Å². The number of hydrogen-bond acceptors (Lipinski definition) is 4. The molecule has 0 atom stereocenters. The minimum absolute atomic E-state index is 0.0801. The minimum Gasteiger partial charge on any atom is -0.486 e. The fourth-order valence-electron chi connectivity index (χ4n) is 2.73. The molecule has 1 fully saturated rings. The summed E-state index contributed by atoms with van der Waals surface area (Å²) in [5, 5.41) is 3.27. The SMILES string of the molecule is CNC1CCN(C(=O)c2ccc3c(c2)OCCO3)CC1. The summed E-state index contributed by atoms with van der Waals surface area (Å²) < 4.78 is 11.0. The second kappa shape index (κ2) is 5.71. The van der Waals surface area contributed by atoms with Crippen molar-refractivity contribution in [1.82, 2.24) is 10.2 Å². The van der Waals surface area contributed by atoms with E-state index in [1.807, 2.05) is 24.1 Å². The summed E-state index contributed by atoms with van der Waals surface area (Å²) >= 11 is 0. The van der Waals surface area contributed by atoms with Gasteiger partial charge in [0.2, 0.25) is 0 Å². The van der Waals surface area contributed by atoms with Gasteiger partial charge in [0.1, 0.15) is 13.2 Å². The number of hydrogen-bond donors (Lipinski definition) is 1. The van der Waals surface area contributed by atoms with Gasteiger partial charge < -0.3 is 19.7 Å². The number of nitrogens with one attached hydrogen (secondary N) is 1. The lowest BCUT2D eigenvalue weighted by atomic mass is 10.0. The molecule has 2 aliphatic rings. The first kappa shape index (κ1) is 13.2. The molecule has 5 nitrogen and oxygen atoms in total. The Morgan fingerprint density at radius 3 is 2.60 bits per heavy atom. The van der Waals surface area contributed by atoms with Gasteiger partial charge >= 0.3 is 0 Å². The van der Waals surface area contributed by atoms with Gasteiger partial charge in [0.25, 0.3) is 5.91 Å². The number of fused-ring (bicyclic) bond motifs is 1. The molecule has 3 rings (SSSR count). The molecule has 0 radical (unpaired) electrons. The summed E-state index contributed by atoms with van der Waals surface area (Å²) in [6.07, 6.45) is 2.01. The van der Waals surface area contributed by atoms with E-state index in [2.05, 4.69) is 5.32 Å². The highest BCUT2D eigenvalue weighted by molar-refractivity contribution is 5.95. The first-order chi connectivity index (χ1) is 9.78. The van der Waals surface area contributed by atoms with Crippen LogP contribution >= 0.6 is 0 Å². The van der Waals surface area contributed by atoms with Gasteiger partial charge in [-0.3, -0.25) is 4.79 Å². The third-order valence-electron chi connectivity index (χ3n) is 3.98. The van der Waals surface area contributed by atoms with Crippen LogP contribution in [0, 0.1) is 0 Å². The van der Waals surface area contributed by atoms with Crippen molar-refractivity contribution in [3.63, 3.8) is 0 Å². The van der Waals surface area contributed by atoms with Crippen molar-refractivity contribution >= 4 is 5.91 Å². The second-order valence-electron chi connectivity index (χ2n) is 5.21. The lowest BCUT2D eigenvalue weighted by molar-refractivity contribution is 0.0706. The lowest BCUT2D eigenvalue weighted by Gasteiger charge is -2.32. The molecule has 1 N–H and O–H groups in total. The summed E-state index contributed by atoms with van der Waals surface area (Å²) in [6, 6.07) is 5.96. The Bertz CT molecular complexity index is 496.